The van der Waals surface area contributed by atoms with Crippen LogP contribution >= 0.6 is 47.0 Å². The van der Waals surface area contributed by atoms with Crippen LogP contribution in [-0.2, 0) is 4.79 Å². The van der Waals surface area contributed by atoms with Crippen molar-refractivity contribution >= 4 is 53.3 Å². The highest BCUT2D eigenvalue weighted by atomic mass is 32.3. The summed E-state index contributed by atoms with van der Waals surface area (Å²) in [6, 6.07) is 4.23. The highest BCUT2D eigenvalue weighted by Crippen LogP contribution is 2.57. The van der Waals surface area contributed by atoms with Crippen LogP contribution in [0.25, 0.3) is 0 Å². The van der Waals surface area contributed by atoms with Gasteiger partial charge in [-0.05, 0) is 6.08 Å². The standard InChI is InChI=1S/C11H10N2OS4/c12-4-1-7-15-10-11(16-8-2-5-13)18-9(17-10)3-6-14/h3,6H,1-2,7-8H2. The third-order valence-corrected chi connectivity index (χ3v) is 7.08. The summed E-state index contributed by atoms with van der Waals surface area (Å²) in [4.78, 5) is 10.5. The number of hydrogen-bond acceptors (Lipinski definition) is 7. The Balaban J connectivity index is 2.59. The largest absolute Gasteiger partial charge is 0.298 e. The van der Waals surface area contributed by atoms with E-state index in [1.807, 2.05) is 0 Å². The number of allylic oxidation sites excluding steroid dienone is 1. The Morgan fingerprint density at radius 3 is 1.94 bits per heavy atom. The van der Waals surface area contributed by atoms with Gasteiger partial charge in [-0.25, -0.2) is 0 Å². The number of nitrogens with zero attached hydrogens (tertiary/aromatic N) is 2. The van der Waals surface area contributed by atoms with Gasteiger partial charge in [-0.15, -0.1) is 23.5 Å². The van der Waals surface area contributed by atoms with Gasteiger partial charge in [-0.2, -0.15) is 10.5 Å². The first-order valence-corrected chi connectivity index (χ1v) is 8.67. The molecule has 0 unspecified atom stereocenters. The molecule has 0 saturated heterocycles. The molecule has 1 aliphatic rings. The third kappa shape index (κ3) is 5.45. The molecule has 94 valence electrons. The van der Waals surface area contributed by atoms with Crippen LogP contribution in [0.5, 0.6) is 0 Å². The molecule has 1 aliphatic heterocycles. The first-order valence-electron chi connectivity index (χ1n) is 5.06. The number of hydrogen-bond donors (Lipinski definition) is 0. The lowest BCUT2D eigenvalue weighted by Crippen LogP contribution is -1.79. The normalized spacial score (nSPS) is 14.2. The van der Waals surface area contributed by atoms with Gasteiger partial charge in [0, 0.05) is 24.3 Å². The van der Waals surface area contributed by atoms with Crippen LogP contribution in [0.15, 0.2) is 18.8 Å². The molecule has 1 heterocycles. The van der Waals surface area contributed by atoms with Gasteiger partial charge >= 0.3 is 0 Å². The van der Waals surface area contributed by atoms with Crippen molar-refractivity contribution in [2.75, 3.05) is 11.5 Å². The Morgan fingerprint density at radius 1 is 1.06 bits per heavy atom. The monoisotopic (exact) mass is 314 g/mol. The minimum Gasteiger partial charge on any atom is -0.298 e. The van der Waals surface area contributed by atoms with Gasteiger partial charge in [-0.1, -0.05) is 23.5 Å². The number of carbonyl (C=O) groups excluding carboxylic acids is 1. The maximum absolute atomic E-state index is 10.5. The number of thioether (sulfide) groups is 4. The molecule has 0 aromatic heterocycles. The molecule has 18 heavy (non-hydrogen) atoms. The molecule has 3 nitrogen and oxygen atoms in total. The van der Waals surface area contributed by atoms with E-state index in [0.29, 0.717) is 12.8 Å². The van der Waals surface area contributed by atoms with Crippen molar-refractivity contribution in [2.24, 2.45) is 0 Å². The van der Waals surface area contributed by atoms with Crippen LogP contribution in [-0.4, -0.2) is 17.8 Å². The van der Waals surface area contributed by atoms with Crippen molar-refractivity contribution in [2.45, 2.75) is 12.8 Å². The Morgan fingerprint density at radius 2 is 1.56 bits per heavy atom. The van der Waals surface area contributed by atoms with Crippen LogP contribution in [0.4, 0.5) is 0 Å². The van der Waals surface area contributed by atoms with E-state index >= 15 is 0 Å². The van der Waals surface area contributed by atoms with Gasteiger partial charge in [0.1, 0.15) is 6.29 Å². The third-order valence-electron chi connectivity index (χ3n) is 1.65. The number of rotatable bonds is 7. The van der Waals surface area contributed by atoms with E-state index < -0.39 is 0 Å². The maximum Gasteiger partial charge on any atom is 0.144 e. The first kappa shape index (κ1) is 15.6. The van der Waals surface area contributed by atoms with E-state index in [1.165, 1.54) is 0 Å². The molecule has 0 saturated carbocycles. The van der Waals surface area contributed by atoms with E-state index in [0.717, 1.165) is 30.5 Å². The van der Waals surface area contributed by atoms with Gasteiger partial charge in [0.2, 0.25) is 0 Å². The quantitative estimate of drug-likeness (QED) is 0.401. The van der Waals surface area contributed by atoms with Crippen molar-refractivity contribution in [3.63, 3.8) is 0 Å². The van der Waals surface area contributed by atoms with Gasteiger partial charge in [0.15, 0.2) is 0 Å². The lowest BCUT2D eigenvalue weighted by atomic mass is 10.6. The smallest absolute Gasteiger partial charge is 0.144 e. The zero-order chi connectivity index (χ0) is 13.2. The molecule has 0 aromatic carbocycles. The summed E-state index contributed by atoms with van der Waals surface area (Å²) in [7, 11) is 0. The molecule has 1 rings (SSSR count). The summed E-state index contributed by atoms with van der Waals surface area (Å²) in [6.45, 7) is 0. The Hall–Kier alpha value is -0.470. The van der Waals surface area contributed by atoms with Gasteiger partial charge < -0.3 is 0 Å². The lowest BCUT2D eigenvalue weighted by Gasteiger charge is -2.01. The molecule has 0 aliphatic carbocycles. The van der Waals surface area contributed by atoms with Crippen molar-refractivity contribution in [1.82, 2.24) is 0 Å². The molecule has 0 fully saturated rings. The van der Waals surface area contributed by atoms with E-state index in [1.54, 1.807) is 53.1 Å². The van der Waals surface area contributed by atoms with Crippen molar-refractivity contribution in [1.29, 1.82) is 10.5 Å². The number of nitriles is 2. The van der Waals surface area contributed by atoms with Crippen LogP contribution in [0.1, 0.15) is 12.8 Å². The van der Waals surface area contributed by atoms with Crippen LogP contribution in [0, 0.1) is 22.7 Å². The molecule has 0 radical (unpaired) electrons. The number of carbonyl (C=O) groups is 1. The molecule has 0 amide bonds. The highest BCUT2D eigenvalue weighted by Gasteiger charge is 2.21. The molecule has 0 atom stereocenters. The minimum absolute atomic E-state index is 0.516. The Kier molecular flexibility index (Phi) is 8.19. The fraction of sp³-hybridized carbons (Fsp3) is 0.364. The average Bonchev–Trinajstić information content (AvgIpc) is 2.73. The summed E-state index contributed by atoms with van der Waals surface area (Å²) < 4.78 is 3.25. The van der Waals surface area contributed by atoms with E-state index in [9.17, 15) is 4.79 Å². The fourth-order valence-electron chi connectivity index (χ4n) is 0.966. The SMILES string of the molecule is N#CCCSC1=C(SCCC#N)SC(=CC=O)S1. The second-order valence-corrected chi connectivity index (χ2v) is 8.00. The number of aldehydes is 1. The second kappa shape index (κ2) is 9.46. The predicted octanol–water partition coefficient (Wildman–Crippen LogP) is 3.93. The Labute approximate surface area is 123 Å². The average molecular weight is 314 g/mol. The molecule has 0 spiro atoms. The minimum atomic E-state index is 0.516. The fourth-order valence-corrected chi connectivity index (χ4v) is 6.44. The molecular weight excluding hydrogens is 304 g/mol. The van der Waals surface area contributed by atoms with Gasteiger partial charge in [0.05, 0.1) is 24.8 Å². The summed E-state index contributed by atoms with van der Waals surface area (Å²) in [6.07, 6.45) is 3.37. The second-order valence-electron chi connectivity index (χ2n) is 2.91. The van der Waals surface area contributed by atoms with E-state index in [-0.39, 0.29) is 0 Å². The van der Waals surface area contributed by atoms with Gasteiger partial charge in [0.25, 0.3) is 0 Å². The molecular formula is C11H10N2OS4. The molecule has 0 bridgehead atoms. The molecule has 0 N–H and O–H groups in total. The van der Waals surface area contributed by atoms with E-state index in [4.69, 9.17) is 10.5 Å². The van der Waals surface area contributed by atoms with Crippen molar-refractivity contribution in [3.05, 3.63) is 18.8 Å². The zero-order valence-electron chi connectivity index (χ0n) is 9.42. The van der Waals surface area contributed by atoms with Crippen LogP contribution in [0.2, 0.25) is 0 Å². The topological polar surface area (TPSA) is 64.7 Å². The maximum atomic E-state index is 10.5. The van der Waals surface area contributed by atoms with Crippen LogP contribution < -0.4 is 0 Å². The molecule has 0 aromatic rings. The summed E-state index contributed by atoms with van der Waals surface area (Å²) in [5, 5.41) is 17.1. The van der Waals surface area contributed by atoms with Crippen molar-refractivity contribution in [3.8, 4) is 12.1 Å². The zero-order valence-corrected chi connectivity index (χ0v) is 12.7. The predicted molar refractivity (Wildman–Crippen MR) is 81.7 cm³/mol. The Bertz CT molecular complexity index is 411. The molecule has 7 heteroatoms. The summed E-state index contributed by atoms with van der Waals surface area (Å²) in [5.41, 5.74) is 0. The van der Waals surface area contributed by atoms with Crippen LogP contribution in [0.3, 0.4) is 0 Å². The lowest BCUT2D eigenvalue weighted by molar-refractivity contribution is -0.104. The van der Waals surface area contributed by atoms with Gasteiger partial charge in [-0.3, -0.25) is 4.79 Å². The highest BCUT2D eigenvalue weighted by molar-refractivity contribution is 8.40. The first-order chi connectivity index (χ1) is 8.81. The summed E-state index contributed by atoms with van der Waals surface area (Å²) >= 11 is 6.43. The van der Waals surface area contributed by atoms with E-state index in [2.05, 4.69) is 12.1 Å². The summed E-state index contributed by atoms with van der Waals surface area (Å²) in [5.74, 6) is 1.52. The van der Waals surface area contributed by atoms with Crippen molar-refractivity contribution < 1.29 is 4.79 Å².